The van der Waals surface area contributed by atoms with Crippen LogP contribution in [0.4, 0.5) is 16.2 Å². The number of benzene rings is 3. The van der Waals surface area contributed by atoms with E-state index in [4.69, 9.17) is 21.9 Å². The summed E-state index contributed by atoms with van der Waals surface area (Å²) in [5, 5.41) is 0.510. The molecular formula is C20H18N4O. The maximum absolute atomic E-state index is 13.8. The van der Waals surface area contributed by atoms with Crippen LogP contribution in [-0.4, -0.2) is 6.03 Å². The summed E-state index contributed by atoms with van der Waals surface area (Å²) < 4.78 is 130. The molecule has 5 heteroatoms. The SMILES string of the molecule is [2H]c1c([2H])c([2H])c(N2NC([2H])(c3c([2H])c([2H])c([2H])c([2H])c3[2H])NN(c3c([2H])c([2H])c([2H])c([2H])c3[2H])C2=O)c([2H])c1[2H]. The van der Waals surface area contributed by atoms with Crippen molar-refractivity contribution in [1.82, 2.24) is 10.9 Å². The number of hydrazine groups is 2. The number of carbonyl (C=O) groups excluding carboxylic acids is 1. The molecule has 124 valence electrons. The van der Waals surface area contributed by atoms with Crippen molar-refractivity contribution < 1.29 is 26.7 Å². The Bertz CT molecular complexity index is 1500. The van der Waals surface area contributed by atoms with Gasteiger partial charge in [-0.25, -0.2) is 25.7 Å². The highest BCUT2D eigenvalue weighted by Gasteiger charge is 2.33. The lowest BCUT2D eigenvalue weighted by molar-refractivity contribution is 0.231. The lowest BCUT2D eigenvalue weighted by atomic mass is 10.2. The first-order valence-corrected chi connectivity index (χ1v) is 6.80. The van der Waals surface area contributed by atoms with Gasteiger partial charge in [-0.15, -0.1) is 0 Å². The third kappa shape index (κ3) is 3.10. The van der Waals surface area contributed by atoms with Gasteiger partial charge in [-0.3, -0.25) is 0 Å². The van der Waals surface area contributed by atoms with Crippen molar-refractivity contribution in [3.8, 4) is 0 Å². The summed E-state index contributed by atoms with van der Waals surface area (Å²) in [7, 11) is 0. The van der Waals surface area contributed by atoms with E-state index in [9.17, 15) is 4.79 Å². The van der Waals surface area contributed by atoms with E-state index in [1.807, 2.05) is 0 Å². The van der Waals surface area contributed by atoms with Crippen molar-refractivity contribution in [3.05, 3.63) is 96.2 Å². The molecule has 4 rings (SSSR count). The van der Waals surface area contributed by atoms with Crippen LogP contribution in [0.3, 0.4) is 0 Å². The van der Waals surface area contributed by atoms with Crippen LogP contribution >= 0.6 is 0 Å². The quantitative estimate of drug-likeness (QED) is 0.757. The topological polar surface area (TPSA) is 47.6 Å². The standard InChI is InChI=1S/C20H18N4O/c25-20-23(17-12-6-2-7-13-17)21-19(16-10-4-1-5-11-16)22-24(20)18-14-8-3-9-15-18/h1-15,19,21-22H/i1D,2D,3D,4D,5D,6D,7D,8D,9D,10D,11D,12D,13D,14D,15D,19D. The predicted molar refractivity (Wildman–Crippen MR) is 98.7 cm³/mol. The summed E-state index contributed by atoms with van der Waals surface area (Å²) in [6, 6.07) is -14.8. The zero-order valence-electron chi connectivity index (χ0n) is 28.3. The molecule has 3 aromatic carbocycles. The van der Waals surface area contributed by atoms with E-state index in [0.717, 1.165) is 0 Å². The molecule has 0 atom stereocenters. The first-order chi connectivity index (χ1) is 18.9. The fourth-order valence-electron chi connectivity index (χ4n) is 1.94. The van der Waals surface area contributed by atoms with E-state index in [0.29, 0.717) is 0 Å². The number of carbonyl (C=O) groups is 1. The number of para-hydroxylation sites is 2. The molecule has 25 heavy (non-hydrogen) atoms. The van der Waals surface area contributed by atoms with E-state index in [2.05, 4.69) is 10.9 Å². The molecule has 0 saturated carbocycles. The molecule has 1 aliphatic heterocycles. The molecule has 5 nitrogen and oxygen atoms in total. The van der Waals surface area contributed by atoms with E-state index in [-0.39, 0.29) is 10.0 Å². The summed E-state index contributed by atoms with van der Waals surface area (Å²) in [5.41, 5.74) is 1.88. The molecule has 0 bridgehead atoms. The molecule has 0 unspecified atom stereocenters. The van der Waals surface area contributed by atoms with Crippen LogP contribution in [0.1, 0.15) is 33.6 Å². The zero-order valence-corrected chi connectivity index (χ0v) is 12.3. The minimum Gasteiger partial charge on any atom is -0.245 e. The molecule has 0 aromatic heterocycles. The van der Waals surface area contributed by atoms with Gasteiger partial charge in [0.1, 0.15) is 6.14 Å². The maximum Gasteiger partial charge on any atom is 0.358 e. The number of rotatable bonds is 3. The average molecular weight is 346 g/mol. The minimum absolute atomic E-state index is 0.255. The van der Waals surface area contributed by atoms with Gasteiger partial charge in [-0.2, -0.15) is 0 Å². The minimum atomic E-state index is -2.90. The third-order valence-electron chi connectivity index (χ3n) is 3.00. The Morgan fingerprint density at radius 3 is 1.56 bits per heavy atom. The Morgan fingerprint density at radius 1 is 0.720 bits per heavy atom. The van der Waals surface area contributed by atoms with Crippen molar-refractivity contribution >= 4 is 17.4 Å². The average Bonchev–Trinajstić information content (AvgIpc) is 2.93. The van der Waals surface area contributed by atoms with Gasteiger partial charge in [0.05, 0.1) is 33.3 Å². The molecule has 0 aliphatic carbocycles. The van der Waals surface area contributed by atoms with Gasteiger partial charge >= 0.3 is 6.03 Å². The van der Waals surface area contributed by atoms with Gasteiger partial charge < -0.3 is 0 Å². The number of hydrogen-bond acceptors (Lipinski definition) is 3. The number of nitrogens with one attached hydrogen (secondary N) is 2. The second kappa shape index (κ2) is 6.76. The number of nitrogens with zero attached hydrogens (tertiary/aromatic N) is 2. The highest BCUT2D eigenvalue weighted by molar-refractivity contribution is 6.03. The molecule has 1 aliphatic rings. The van der Waals surface area contributed by atoms with Gasteiger partial charge in [-0.05, 0) is 29.7 Å². The van der Waals surface area contributed by atoms with E-state index >= 15 is 0 Å². The lowest BCUT2D eigenvalue weighted by Crippen LogP contribution is -2.65. The van der Waals surface area contributed by atoms with Gasteiger partial charge in [0.15, 0.2) is 0 Å². The summed E-state index contributed by atoms with van der Waals surface area (Å²) in [6.45, 7) is 0. The molecule has 1 saturated heterocycles. The first kappa shape index (κ1) is 5.69. The monoisotopic (exact) mass is 346 g/mol. The van der Waals surface area contributed by atoms with Crippen molar-refractivity contribution in [3.63, 3.8) is 0 Å². The van der Waals surface area contributed by atoms with Crippen LogP contribution in [0.15, 0.2) is 90.6 Å². The number of anilines is 2. The Morgan fingerprint density at radius 2 is 1.12 bits per heavy atom. The smallest absolute Gasteiger partial charge is 0.245 e. The van der Waals surface area contributed by atoms with Crippen LogP contribution in [0.25, 0.3) is 0 Å². The fraction of sp³-hybridized carbons (Fsp3) is 0.0500. The first-order valence-electron chi connectivity index (χ1n) is 14.8. The summed E-state index contributed by atoms with van der Waals surface area (Å²) in [5.74, 6) is 0. The molecule has 3 aromatic rings. The summed E-state index contributed by atoms with van der Waals surface area (Å²) in [4.78, 5) is 13.8. The van der Waals surface area contributed by atoms with Gasteiger partial charge in [0.25, 0.3) is 0 Å². The maximum atomic E-state index is 13.8. The highest BCUT2D eigenvalue weighted by Crippen LogP contribution is 2.25. The van der Waals surface area contributed by atoms with Gasteiger partial charge in [0.2, 0.25) is 0 Å². The summed E-state index contributed by atoms with van der Waals surface area (Å²) >= 11 is 0. The van der Waals surface area contributed by atoms with Crippen LogP contribution in [0.2, 0.25) is 0 Å². The normalized spacial score (nSPS) is 25.7. The second-order valence-corrected chi connectivity index (χ2v) is 4.50. The Balaban J connectivity index is 2.11. The van der Waals surface area contributed by atoms with E-state index in [1.54, 1.807) is 0 Å². The van der Waals surface area contributed by atoms with Crippen LogP contribution in [0.5, 0.6) is 0 Å². The number of hydrogen-bond donors (Lipinski definition) is 2. The fourth-order valence-corrected chi connectivity index (χ4v) is 1.94. The second-order valence-electron chi connectivity index (χ2n) is 4.50. The largest absolute Gasteiger partial charge is 0.358 e. The van der Waals surface area contributed by atoms with Gasteiger partial charge in [-0.1, -0.05) is 66.5 Å². The van der Waals surface area contributed by atoms with Crippen LogP contribution in [0, 0.1) is 0 Å². The van der Waals surface area contributed by atoms with Crippen molar-refractivity contribution in [2.75, 3.05) is 10.0 Å². The molecular weight excluding hydrogens is 312 g/mol. The molecule has 2 N–H and O–H groups in total. The molecule has 2 amide bonds. The van der Waals surface area contributed by atoms with Crippen molar-refractivity contribution in [2.45, 2.75) is 6.14 Å². The van der Waals surface area contributed by atoms with Crippen molar-refractivity contribution in [1.29, 1.82) is 0 Å². The van der Waals surface area contributed by atoms with E-state index in [1.165, 1.54) is 0 Å². The lowest BCUT2D eigenvalue weighted by Gasteiger charge is -2.41. The Hall–Kier alpha value is -3.15. The molecule has 1 fully saturated rings. The number of amides is 2. The predicted octanol–water partition coefficient (Wildman–Crippen LogP) is 3.84. The van der Waals surface area contributed by atoms with E-state index < -0.39 is 120 Å². The molecule has 1 heterocycles. The van der Waals surface area contributed by atoms with Crippen molar-refractivity contribution in [2.24, 2.45) is 0 Å². The number of urea groups is 1. The third-order valence-corrected chi connectivity index (χ3v) is 3.00. The van der Waals surface area contributed by atoms with Crippen LogP contribution < -0.4 is 20.9 Å². The van der Waals surface area contributed by atoms with Gasteiger partial charge in [0, 0.05) is 0 Å². The van der Waals surface area contributed by atoms with Crippen LogP contribution in [-0.2, 0) is 0 Å². The molecule has 0 spiro atoms. The molecule has 0 radical (unpaired) electrons. The Labute approximate surface area is 168 Å². The highest BCUT2D eigenvalue weighted by atomic mass is 16.2. The zero-order chi connectivity index (χ0) is 31.0. The Kier molecular flexibility index (Phi) is 1.54. The summed E-state index contributed by atoms with van der Waals surface area (Å²) in [6.07, 6.45) is -2.90.